The van der Waals surface area contributed by atoms with Crippen LogP contribution in [0.15, 0.2) is 36.5 Å². The predicted octanol–water partition coefficient (Wildman–Crippen LogP) is 5.43. The fourth-order valence-corrected chi connectivity index (χ4v) is 3.24. The number of alkyl halides is 6. The van der Waals surface area contributed by atoms with Crippen molar-refractivity contribution in [1.82, 2.24) is 14.8 Å². The maximum atomic E-state index is 14.0. The van der Waals surface area contributed by atoms with Gasteiger partial charge in [0.05, 0.1) is 12.1 Å². The molecule has 0 aliphatic carbocycles. The van der Waals surface area contributed by atoms with E-state index in [1.165, 1.54) is 25.3 Å². The number of rotatable bonds is 4. The molecule has 0 radical (unpaired) electrons. The molecule has 2 aromatic heterocycles. The number of carbonyl (C=O) groups is 1. The Hall–Kier alpha value is -3.28. The molecule has 0 spiro atoms. The molecule has 0 atom stereocenters. The largest absolute Gasteiger partial charge is 0.495 e. The minimum absolute atomic E-state index is 0.0883. The number of carbonyl (C=O) groups excluding carboxylic acids is 1. The highest BCUT2D eigenvalue weighted by Crippen LogP contribution is 2.43. The summed E-state index contributed by atoms with van der Waals surface area (Å²) in [4.78, 5) is 15.8. The zero-order chi connectivity index (χ0) is 23.8. The van der Waals surface area contributed by atoms with E-state index in [1.54, 1.807) is 0 Å². The summed E-state index contributed by atoms with van der Waals surface area (Å²) in [6.45, 7) is 0. The van der Waals surface area contributed by atoms with Crippen LogP contribution in [0.1, 0.15) is 21.7 Å². The van der Waals surface area contributed by atoms with Gasteiger partial charge < -0.3 is 10.1 Å². The van der Waals surface area contributed by atoms with Crippen molar-refractivity contribution >= 4 is 23.2 Å². The zero-order valence-corrected chi connectivity index (χ0v) is 17.0. The molecule has 0 saturated heterocycles. The summed E-state index contributed by atoms with van der Waals surface area (Å²) >= 11 is 6.14. The molecule has 0 aliphatic rings. The van der Waals surface area contributed by atoms with Gasteiger partial charge in [-0.25, -0.2) is 0 Å². The molecule has 13 heteroatoms. The number of ether oxygens (including phenoxy) is 1. The highest BCUT2D eigenvalue weighted by Gasteiger charge is 2.43. The summed E-state index contributed by atoms with van der Waals surface area (Å²) < 4.78 is 86.1. The predicted molar refractivity (Wildman–Crippen MR) is 102 cm³/mol. The minimum Gasteiger partial charge on any atom is -0.495 e. The fourth-order valence-electron chi connectivity index (χ4n) is 2.95. The second kappa shape index (κ2) is 8.34. The molecule has 1 amide bonds. The summed E-state index contributed by atoms with van der Waals surface area (Å²) in [5, 5.41) is 5.68. The fraction of sp³-hybridized carbons (Fsp3) is 0.211. The first-order valence-electron chi connectivity index (χ1n) is 8.66. The summed E-state index contributed by atoms with van der Waals surface area (Å²) in [7, 11) is 2.37. The average Bonchev–Trinajstić information content (AvgIpc) is 3.05. The molecule has 0 fully saturated rings. The molecule has 3 rings (SSSR count). The Balaban J connectivity index is 2.11. The Morgan fingerprint density at radius 2 is 1.81 bits per heavy atom. The lowest BCUT2D eigenvalue weighted by atomic mass is 10.0. The second-order valence-electron chi connectivity index (χ2n) is 6.40. The smallest absolute Gasteiger partial charge is 0.433 e. The first-order chi connectivity index (χ1) is 14.8. The third kappa shape index (κ3) is 4.49. The number of nitrogens with zero attached hydrogens (tertiary/aromatic N) is 3. The van der Waals surface area contributed by atoms with Gasteiger partial charge in [0.25, 0.3) is 5.91 Å². The monoisotopic (exact) mass is 478 g/mol. The van der Waals surface area contributed by atoms with E-state index in [0.29, 0.717) is 10.7 Å². The number of halogens is 7. The third-order valence-electron chi connectivity index (χ3n) is 4.29. The van der Waals surface area contributed by atoms with Crippen LogP contribution in [0.2, 0.25) is 5.02 Å². The van der Waals surface area contributed by atoms with Gasteiger partial charge >= 0.3 is 12.4 Å². The third-order valence-corrected chi connectivity index (χ3v) is 4.68. The van der Waals surface area contributed by atoms with Gasteiger partial charge in [0, 0.05) is 24.5 Å². The van der Waals surface area contributed by atoms with Crippen LogP contribution in [0.25, 0.3) is 11.3 Å². The van der Waals surface area contributed by atoms with Gasteiger partial charge in [-0.05, 0) is 18.2 Å². The molecular weight excluding hydrogens is 466 g/mol. The normalized spacial score (nSPS) is 12.0. The minimum atomic E-state index is -5.04. The van der Waals surface area contributed by atoms with Crippen molar-refractivity contribution in [3.8, 4) is 17.0 Å². The first kappa shape index (κ1) is 23.4. The number of aromatic nitrogens is 3. The highest BCUT2D eigenvalue weighted by atomic mass is 35.5. The number of methoxy groups -OCH3 is 1. The number of benzene rings is 1. The van der Waals surface area contributed by atoms with Gasteiger partial charge in [-0.3, -0.25) is 14.5 Å². The SMILES string of the molecule is COc1cccc(-c2nn(C)c(C(=O)Nc3ccnc(C(F)(F)F)c3)c2C(F)(F)F)c1Cl. The Bertz CT molecular complexity index is 1170. The Morgan fingerprint density at radius 3 is 2.41 bits per heavy atom. The standard InChI is InChI=1S/C19H13ClF6N4O2/c1-30-16(17(31)28-9-6-7-27-12(8-9)18(21,22)23)13(19(24,25)26)15(29-30)10-4-3-5-11(32-2)14(10)20/h3-8H,1-2H3,(H,27,28,31). The number of nitrogens with one attached hydrogen (secondary N) is 1. The van der Waals surface area contributed by atoms with E-state index in [1.807, 2.05) is 5.32 Å². The van der Waals surface area contributed by atoms with Crippen LogP contribution < -0.4 is 10.1 Å². The van der Waals surface area contributed by atoms with E-state index in [4.69, 9.17) is 16.3 Å². The summed E-state index contributed by atoms with van der Waals surface area (Å²) in [5.74, 6) is -1.23. The van der Waals surface area contributed by atoms with Gasteiger partial charge in [-0.1, -0.05) is 23.7 Å². The van der Waals surface area contributed by atoms with E-state index in [0.717, 1.165) is 19.3 Å². The molecule has 170 valence electrons. The number of hydrogen-bond acceptors (Lipinski definition) is 4. The lowest BCUT2D eigenvalue weighted by Gasteiger charge is -2.13. The number of hydrogen-bond donors (Lipinski definition) is 1. The molecule has 32 heavy (non-hydrogen) atoms. The Labute approximate surface area is 181 Å². The van der Waals surface area contributed by atoms with Crippen molar-refractivity contribution in [2.75, 3.05) is 12.4 Å². The topological polar surface area (TPSA) is 69.0 Å². The van der Waals surface area contributed by atoms with Crippen LogP contribution in [0.3, 0.4) is 0 Å². The van der Waals surface area contributed by atoms with E-state index in [9.17, 15) is 31.1 Å². The Morgan fingerprint density at radius 1 is 1.12 bits per heavy atom. The van der Waals surface area contributed by atoms with Crippen molar-refractivity contribution < 1.29 is 35.9 Å². The van der Waals surface area contributed by atoms with E-state index >= 15 is 0 Å². The van der Waals surface area contributed by atoms with Gasteiger partial charge in [-0.2, -0.15) is 31.4 Å². The summed E-state index contributed by atoms with van der Waals surface area (Å²) in [6.07, 6.45) is -9.08. The maximum absolute atomic E-state index is 14.0. The van der Waals surface area contributed by atoms with Crippen LogP contribution in [0, 0.1) is 0 Å². The van der Waals surface area contributed by atoms with Crippen molar-refractivity contribution in [3.63, 3.8) is 0 Å². The molecule has 3 aromatic rings. The molecule has 0 saturated carbocycles. The maximum Gasteiger partial charge on any atom is 0.433 e. The lowest BCUT2D eigenvalue weighted by molar-refractivity contribution is -0.141. The van der Waals surface area contributed by atoms with Crippen LogP contribution in [0.4, 0.5) is 32.0 Å². The quantitative estimate of drug-likeness (QED) is 0.507. The van der Waals surface area contributed by atoms with E-state index < -0.39 is 46.6 Å². The van der Waals surface area contributed by atoms with Crippen molar-refractivity contribution in [2.24, 2.45) is 7.05 Å². The van der Waals surface area contributed by atoms with Crippen molar-refractivity contribution in [3.05, 3.63) is 58.5 Å². The van der Waals surface area contributed by atoms with Gasteiger partial charge in [0.15, 0.2) is 0 Å². The molecule has 0 unspecified atom stereocenters. The highest BCUT2D eigenvalue weighted by molar-refractivity contribution is 6.34. The van der Waals surface area contributed by atoms with Gasteiger partial charge in [-0.15, -0.1) is 0 Å². The van der Waals surface area contributed by atoms with Gasteiger partial charge in [0.1, 0.15) is 28.4 Å². The van der Waals surface area contributed by atoms with Crippen LogP contribution >= 0.6 is 11.6 Å². The molecule has 1 aromatic carbocycles. The molecule has 6 nitrogen and oxygen atoms in total. The van der Waals surface area contributed by atoms with E-state index in [-0.39, 0.29) is 16.3 Å². The molecule has 0 aliphatic heterocycles. The van der Waals surface area contributed by atoms with Crippen LogP contribution in [-0.4, -0.2) is 27.8 Å². The van der Waals surface area contributed by atoms with Crippen LogP contribution in [-0.2, 0) is 19.4 Å². The first-order valence-corrected chi connectivity index (χ1v) is 9.04. The zero-order valence-electron chi connectivity index (χ0n) is 16.3. The molecule has 0 bridgehead atoms. The lowest BCUT2D eigenvalue weighted by Crippen LogP contribution is -2.21. The van der Waals surface area contributed by atoms with Gasteiger partial charge in [0.2, 0.25) is 0 Å². The van der Waals surface area contributed by atoms with Crippen molar-refractivity contribution in [1.29, 1.82) is 0 Å². The number of anilines is 1. The number of amides is 1. The Kier molecular flexibility index (Phi) is 6.09. The van der Waals surface area contributed by atoms with Crippen molar-refractivity contribution in [2.45, 2.75) is 12.4 Å². The second-order valence-corrected chi connectivity index (χ2v) is 6.77. The number of pyridine rings is 1. The summed E-state index contributed by atoms with van der Waals surface area (Å²) in [5.41, 5.74) is -4.82. The summed E-state index contributed by atoms with van der Waals surface area (Å²) in [6, 6.07) is 5.60. The van der Waals surface area contributed by atoms with Crippen LogP contribution in [0.5, 0.6) is 5.75 Å². The molecular formula is C19H13ClF6N4O2. The number of aryl methyl sites for hydroxylation is 1. The van der Waals surface area contributed by atoms with E-state index in [2.05, 4.69) is 10.1 Å². The molecule has 2 heterocycles. The average molecular weight is 479 g/mol. The molecule has 1 N–H and O–H groups in total.